The molecule has 0 radical (unpaired) electrons. The van der Waals surface area contributed by atoms with Gasteiger partial charge >= 0.3 is 6.09 Å². The topological polar surface area (TPSA) is 118 Å². The van der Waals surface area contributed by atoms with E-state index in [0.29, 0.717) is 66.5 Å². The van der Waals surface area contributed by atoms with Gasteiger partial charge in [-0.1, -0.05) is 0 Å². The minimum absolute atomic E-state index is 0.121. The summed E-state index contributed by atoms with van der Waals surface area (Å²) in [5, 5.41) is 6.07. The van der Waals surface area contributed by atoms with Crippen LogP contribution in [0.1, 0.15) is 24.4 Å². The van der Waals surface area contributed by atoms with E-state index in [-0.39, 0.29) is 29.4 Å². The van der Waals surface area contributed by atoms with Gasteiger partial charge in [0.25, 0.3) is 5.56 Å². The molecule has 1 unspecified atom stereocenters. The SMILES string of the molecule is O=C1CSc2ccc(N3C[C@@H](CCCNC4Cn5c(=O)cnc6ccc(F)c4c65)OC3=O)nc2N1. The molecule has 12 heteroatoms. The molecule has 0 spiro atoms. The number of anilines is 2. The normalized spacial score (nSPS) is 20.8. The minimum Gasteiger partial charge on any atom is -0.444 e. The van der Waals surface area contributed by atoms with Crippen LogP contribution in [0.3, 0.4) is 0 Å². The molecule has 3 aromatic rings. The first-order valence-electron chi connectivity index (χ1n) is 11.3. The van der Waals surface area contributed by atoms with E-state index in [1.807, 2.05) is 6.07 Å². The zero-order chi connectivity index (χ0) is 24.1. The standard InChI is InChI=1S/C23H21FN6O4S/c24-13-3-4-14-21-20(13)15(10-30(21)19(32)8-26-14)25-7-1-2-12-9-29(23(33)34-12)17-6-5-16-22(27-17)28-18(31)11-35-16/h3-6,8,12,15,25H,1-2,7,9-11H2,(H,27,28,31)/t12-,15?/m1/s1. The van der Waals surface area contributed by atoms with Crippen LogP contribution in [-0.4, -0.2) is 51.5 Å². The zero-order valence-corrected chi connectivity index (χ0v) is 19.3. The van der Waals surface area contributed by atoms with Gasteiger partial charge in [0.1, 0.15) is 23.6 Å². The quantitative estimate of drug-likeness (QED) is 0.500. The number of hydrogen-bond donors (Lipinski definition) is 2. The van der Waals surface area contributed by atoms with Gasteiger partial charge in [-0.2, -0.15) is 0 Å². The molecule has 6 rings (SSSR count). The van der Waals surface area contributed by atoms with Crippen molar-refractivity contribution in [3.05, 3.63) is 52.2 Å². The van der Waals surface area contributed by atoms with Gasteiger partial charge in [-0.15, -0.1) is 11.8 Å². The van der Waals surface area contributed by atoms with E-state index < -0.39 is 6.09 Å². The molecule has 2 atom stereocenters. The molecule has 35 heavy (non-hydrogen) atoms. The van der Waals surface area contributed by atoms with Crippen molar-refractivity contribution in [2.45, 2.75) is 36.4 Å². The highest BCUT2D eigenvalue weighted by molar-refractivity contribution is 8.00. The van der Waals surface area contributed by atoms with Crippen molar-refractivity contribution in [1.82, 2.24) is 19.9 Å². The van der Waals surface area contributed by atoms with Gasteiger partial charge < -0.3 is 19.9 Å². The summed E-state index contributed by atoms with van der Waals surface area (Å²) in [5.74, 6) is 0.755. The summed E-state index contributed by atoms with van der Waals surface area (Å²) in [6.07, 6.45) is 1.78. The number of ether oxygens (including phenoxy) is 1. The number of cyclic esters (lactones) is 1. The second-order valence-corrected chi connectivity index (χ2v) is 9.67. The molecule has 1 fully saturated rings. The number of pyridine rings is 1. The summed E-state index contributed by atoms with van der Waals surface area (Å²) in [6, 6.07) is 6.22. The first-order valence-corrected chi connectivity index (χ1v) is 12.3. The lowest BCUT2D eigenvalue weighted by Gasteiger charge is -2.18. The maximum absolute atomic E-state index is 14.6. The number of amides is 2. The van der Waals surface area contributed by atoms with Crippen molar-refractivity contribution in [2.75, 3.05) is 29.1 Å². The Hall–Kier alpha value is -3.51. The van der Waals surface area contributed by atoms with Crippen LogP contribution in [0.5, 0.6) is 0 Å². The lowest BCUT2D eigenvalue weighted by atomic mass is 10.1. The summed E-state index contributed by atoms with van der Waals surface area (Å²) >= 11 is 1.41. The lowest BCUT2D eigenvalue weighted by molar-refractivity contribution is -0.113. The molecule has 10 nitrogen and oxygen atoms in total. The summed E-state index contributed by atoms with van der Waals surface area (Å²) in [7, 11) is 0. The van der Waals surface area contributed by atoms with E-state index in [4.69, 9.17) is 4.74 Å². The number of nitrogens with zero attached hydrogens (tertiary/aromatic N) is 4. The number of halogens is 1. The van der Waals surface area contributed by atoms with E-state index >= 15 is 0 Å². The van der Waals surface area contributed by atoms with E-state index in [1.54, 1.807) is 16.7 Å². The van der Waals surface area contributed by atoms with Gasteiger partial charge in [0.05, 0.1) is 40.5 Å². The fourth-order valence-corrected chi connectivity index (χ4v) is 5.54. The van der Waals surface area contributed by atoms with Crippen LogP contribution in [0.25, 0.3) is 11.0 Å². The van der Waals surface area contributed by atoms with Crippen molar-refractivity contribution in [3.63, 3.8) is 0 Å². The Morgan fingerprint density at radius 3 is 2.97 bits per heavy atom. The Bertz CT molecular complexity index is 1430. The van der Waals surface area contributed by atoms with Crippen LogP contribution in [0.4, 0.5) is 20.8 Å². The van der Waals surface area contributed by atoms with Gasteiger partial charge in [0.2, 0.25) is 5.91 Å². The van der Waals surface area contributed by atoms with E-state index in [9.17, 15) is 18.8 Å². The molecule has 3 aliphatic rings. The summed E-state index contributed by atoms with van der Waals surface area (Å²) < 4.78 is 21.7. The van der Waals surface area contributed by atoms with Crippen LogP contribution in [0.15, 0.2) is 40.2 Å². The van der Waals surface area contributed by atoms with Crippen molar-refractivity contribution in [2.24, 2.45) is 0 Å². The maximum atomic E-state index is 14.6. The van der Waals surface area contributed by atoms with E-state index in [2.05, 4.69) is 20.6 Å². The highest BCUT2D eigenvalue weighted by atomic mass is 32.2. The molecular weight excluding hydrogens is 475 g/mol. The molecule has 0 bridgehead atoms. The molecule has 1 saturated heterocycles. The van der Waals surface area contributed by atoms with Crippen molar-refractivity contribution >= 4 is 46.4 Å². The van der Waals surface area contributed by atoms with Gasteiger partial charge in [0, 0.05) is 12.1 Å². The summed E-state index contributed by atoms with van der Waals surface area (Å²) in [5.41, 5.74) is 1.36. The lowest BCUT2D eigenvalue weighted by Crippen LogP contribution is -2.28. The number of aromatic nitrogens is 3. The molecule has 0 saturated carbocycles. The Labute approximate surface area is 202 Å². The predicted octanol–water partition coefficient (Wildman–Crippen LogP) is 2.42. The fraction of sp³-hybridized carbons (Fsp3) is 0.348. The average Bonchev–Trinajstić information content (AvgIpc) is 3.42. The number of carbonyl (C=O) groups is 2. The largest absolute Gasteiger partial charge is 0.444 e. The Kier molecular flexibility index (Phi) is 5.41. The number of thioether (sulfide) groups is 1. The maximum Gasteiger partial charge on any atom is 0.415 e. The first kappa shape index (κ1) is 22.0. The highest BCUT2D eigenvalue weighted by Crippen LogP contribution is 2.34. The molecule has 180 valence electrons. The number of nitrogens with one attached hydrogen (secondary N) is 2. The third-order valence-electron chi connectivity index (χ3n) is 6.41. The highest BCUT2D eigenvalue weighted by Gasteiger charge is 2.34. The van der Waals surface area contributed by atoms with Crippen LogP contribution in [0, 0.1) is 5.82 Å². The number of fused-ring (bicyclic) bond motifs is 1. The monoisotopic (exact) mass is 496 g/mol. The van der Waals surface area contributed by atoms with Crippen molar-refractivity contribution < 1.29 is 18.7 Å². The molecule has 1 aromatic carbocycles. The second kappa shape index (κ2) is 8.61. The number of rotatable bonds is 6. The smallest absolute Gasteiger partial charge is 0.415 e. The Balaban J connectivity index is 1.06. The van der Waals surface area contributed by atoms with Crippen LogP contribution < -0.4 is 21.1 Å². The van der Waals surface area contributed by atoms with Gasteiger partial charge in [-0.25, -0.2) is 19.2 Å². The fourth-order valence-electron chi connectivity index (χ4n) is 4.79. The van der Waals surface area contributed by atoms with Gasteiger partial charge in [-0.05, 0) is 43.7 Å². The second-order valence-electron chi connectivity index (χ2n) is 8.65. The summed E-state index contributed by atoms with van der Waals surface area (Å²) in [4.78, 5) is 47.2. The Morgan fingerprint density at radius 2 is 2.09 bits per heavy atom. The van der Waals surface area contributed by atoms with Gasteiger partial charge in [0.15, 0.2) is 0 Å². The van der Waals surface area contributed by atoms with E-state index in [0.717, 1.165) is 4.90 Å². The molecular formula is C23H21FN6O4S. The molecule has 2 aromatic heterocycles. The minimum atomic E-state index is -0.475. The third-order valence-corrected chi connectivity index (χ3v) is 7.46. The van der Waals surface area contributed by atoms with Crippen LogP contribution in [0.2, 0.25) is 0 Å². The van der Waals surface area contributed by atoms with Crippen molar-refractivity contribution in [1.29, 1.82) is 0 Å². The third kappa shape index (κ3) is 3.92. The zero-order valence-electron chi connectivity index (χ0n) is 18.5. The molecule has 2 N–H and O–H groups in total. The number of hydrogen-bond acceptors (Lipinski definition) is 8. The average molecular weight is 497 g/mol. The number of benzene rings is 1. The first-order chi connectivity index (χ1) is 17.0. The van der Waals surface area contributed by atoms with Crippen LogP contribution in [-0.2, 0) is 16.1 Å². The van der Waals surface area contributed by atoms with Crippen molar-refractivity contribution in [3.8, 4) is 0 Å². The van der Waals surface area contributed by atoms with E-state index in [1.165, 1.54) is 28.9 Å². The number of carbonyl (C=O) groups excluding carboxylic acids is 2. The summed E-state index contributed by atoms with van der Waals surface area (Å²) in [6.45, 7) is 1.26. The van der Waals surface area contributed by atoms with Crippen LogP contribution >= 0.6 is 11.8 Å². The van der Waals surface area contributed by atoms with Gasteiger partial charge in [-0.3, -0.25) is 14.5 Å². The molecule has 2 amide bonds. The predicted molar refractivity (Wildman–Crippen MR) is 127 cm³/mol. The molecule has 3 aliphatic heterocycles. The molecule has 0 aliphatic carbocycles. The Morgan fingerprint density at radius 1 is 1.20 bits per heavy atom. The molecule has 5 heterocycles.